The fraction of sp³-hybridized carbons (Fsp3) is 0.500. The first-order valence-corrected chi connectivity index (χ1v) is 9.90. The zero-order valence-electron chi connectivity index (χ0n) is 14.0. The first-order valence-electron chi connectivity index (χ1n) is 8.08. The lowest BCUT2D eigenvalue weighted by atomic mass is 9.97. The van der Waals surface area contributed by atoms with E-state index in [0.29, 0.717) is 5.02 Å². The van der Waals surface area contributed by atoms with Gasteiger partial charge < -0.3 is 10.2 Å². The minimum absolute atomic E-state index is 0.0202. The predicted molar refractivity (Wildman–Crippen MR) is 92.5 cm³/mol. The van der Waals surface area contributed by atoms with Crippen molar-refractivity contribution in [3.8, 4) is 0 Å². The molecular weight excluding hydrogens is 366 g/mol. The van der Waals surface area contributed by atoms with E-state index in [1.54, 1.807) is 0 Å². The average molecular weight is 386 g/mol. The van der Waals surface area contributed by atoms with Gasteiger partial charge in [0, 0.05) is 24.7 Å². The second kappa shape index (κ2) is 6.59. The highest BCUT2D eigenvalue weighted by molar-refractivity contribution is 7.89. The van der Waals surface area contributed by atoms with Gasteiger partial charge in [-0.05, 0) is 30.2 Å². The molecule has 0 bridgehead atoms. The largest absolute Gasteiger partial charge is 0.342 e. The third kappa shape index (κ3) is 3.26. The maximum Gasteiger partial charge on any atom is 0.246 e. The molecule has 3 rings (SSSR count). The summed E-state index contributed by atoms with van der Waals surface area (Å²) in [6.07, 6.45) is 0. The number of carbonyl (C=O) groups excluding carboxylic acids is 2. The molecule has 2 aliphatic heterocycles. The van der Waals surface area contributed by atoms with Crippen LogP contribution in [0.3, 0.4) is 0 Å². The molecule has 2 aliphatic rings. The molecule has 25 heavy (non-hydrogen) atoms. The molecule has 2 fully saturated rings. The summed E-state index contributed by atoms with van der Waals surface area (Å²) in [7, 11) is -3.74. The Labute approximate surface area is 152 Å². The normalized spacial score (nSPS) is 25.0. The van der Waals surface area contributed by atoms with Crippen molar-refractivity contribution in [2.75, 3.05) is 19.6 Å². The molecule has 1 aromatic rings. The monoisotopic (exact) mass is 385 g/mol. The summed E-state index contributed by atoms with van der Waals surface area (Å²) in [5, 5.41) is 3.16. The number of piperazine rings is 2. The van der Waals surface area contributed by atoms with Crippen molar-refractivity contribution >= 4 is 33.4 Å². The zero-order chi connectivity index (χ0) is 18.4. The number of nitrogens with zero attached hydrogens (tertiary/aromatic N) is 2. The Morgan fingerprint density at radius 3 is 2.40 bits per heavy atom. The van der Waals surface area contributed by atoms with Gasteiger partial charge in [0.2, 0.25) is 21.8 Å². The van der Waals surface area contributed by atoms with Gasteiger partial charge in [-0.25, -0.2) is 8.42 Å². The van der Waals surface area contributed by atoms with Crippen molar-refractivity contribution in [2.45, 2.75) is 30.8 Å². The summed E-state index contributed by atoms with van der Waals surface area (Å²) < 4.78 is 26.8. The van der Waals surface area contributed by atoms with E-state index in [4.69, 9.17) is 11.6 Å². The van der Waals surface area contributed by atoms with E-state index in [1.165, 1.54) is 33.5 Å². The molecule has 2 amide bonds. The quantitative estimate of drug-likeness (QED) is 0.829. The Morgan fingerprint density at radius 1 is 1.16 bits per heavy atom. The molecule has 1 N–H and O–H groups in total. The molecule has 0 spiro atoms. The van der Waals surface area contributed by atoms with Crippen LogP contribution in [-0.4, -0.2) is 61.2 Å². The van der Waals surface area contributed by atoms with Gasteiger partial charge in [-0.3, -0.25) is 9.59 Å². The van der Waals surface area contributed by atoms with Crippen molar-refractivity contribution in [3.05, 3.63) is 29.3 Å². The van der Waals surface area contributed by atoms with Crippen LogP contribution in [0.1, 0.15) is 13.8 Å². The summed E-state index contributed by atoms with van der Waals surface area (Å²) in [6.45, 7) is 4.04. The molecule has 0 aromatic heterocycles. The third-order valence-corrected chi connectivity index (χ3v) is 6.74. The first kappa shape index (κ1) is 18.2. The molecule has 7 nitrogen and oxygen atoms in total. The Kier molecular flexibility index (Phi) is 4.78. The van der Waals surface area contributed by atoms with Crippen LogP contribution in [0, 0.1) is 5.92 Å². The van der Waals surface area contributed by atoms with E-state index in [9.17, 15) is 18.0 Å². The number of hydrogen-bond acceptors (Lipinski definition) is 4. The molecule has 0 saturated carbocycles. The molecule has 136 valence electrons. The number of sulfonamides is 1. The Hall–Kier alpha value is -1.64. The Balaban J connectivity index is 1.82. The number of rotatable bonds is 3. The topological polar surface area (TPSA) is 86.8 Å². The maximum atomic E-state index is 12.8. The van der Waals surface area contributed by atoms with Crippen molar-refractivity contribution in [1.82, 2.24) is 14.5 Å². The minimum Gasteiger partial charge on any atom is -0.342 e. The number of hydrogen-bond donors (Lipinski definition) is 1. The summed E-state index contributed by atoms with van der Waals surface area (Å²) in [5.41, 5.74) is 0. The highest BCUT2D eigenvalue weighted by atomic mass is 35.5. The average Bonchev–Trinajstić information content (AvgIpc) is 2.57. The van der Waals surface area contributed by atoms with E-state index in [2.05, 4.69) is 5.32 Å². The van der Waals surface area contributed by atoms with Crippen molar-refractivity contribution in [1.29, 1.82) is 0 Å². The van der Waals surface area contributed by atoms with E-state index < -0.39 is 22.1 Å². The Morgan fingerprint density at radius 2 is 1.80 bits per heavy atom. The smallest absolute Gasteiger partial charge is 0.246 e. The van der Waals surface area contributed by atoms with Gasteiger partial charge in [-0.1, -0.05) is 25.4 Å². The molecule has 2 saturated heterocycles. The standard InChI is InChI=1S/C16H20ClN3O4S/c1-10(2)14-16(22)20-8-7-19(9-13(20)15(21)18-14)25(23,24)12-5-3-11(17)4-6-12/h3-6,10,13-14H,7-9H2,1-2H3,(H,18,21)/t13-,14-/m1/s1. The molecule has 2 heterocycles. The lowest BCUT2D eigenvalue weighted by molar-refractivity contribution is -0.152. The highest BCUT2D eigenvalue weighted by Crippen LogP contribution is 2.24. The SMILES string of the molecule is CC(C)[C@H]1NC(=O)[C@H]2CN(S(=O)(=O)c3ccc(Cl)cc3)CCN2C1=O. The molecular formula is C16H20ClN3O4S. The highest BCUT2D eigenvalue weighted by Gasteiger charge is 2.46. The number of nitrogens with one attached hydrogen (secondary N) is 1. The van der Waals surface area contributed by atoms with Crippen molar-refractivity contribution < 1.29 is 18.0 Å². The van der Waals surface area contributed by atoms with Crippen LogP contribution in [0.4, 0.5) is 0 Å². The fourth-order valence-corrected chi connectivity index (χ4v) is 4.73. The van der Waals surface area contributed by atoms with Gasteiger partial charge in [0.25, 0.3) is 0 Å². The third-order valence-electron chi connectivity index (χ3n) is 4.61. The minimum atomic E-state index is -3.74. The molecule has 2 atom stereocenters. The van der Waals surface area contributed by atoms with Crippen LogP contribution in [0.25, 0.3) is 0 Å². The van der Waals surface area contributed by atoms with E-state index in [0.717, 1.165) is 0 Å². The molecule has 1 aromatic carbocycles. The van der Waals surface area contributed by atoms with E-state index >= 15 is 0 Å². The molecule has 0 radical (unpaired) electrons. The van der Waals surface area contributed by atoms with Gasteiger partial charge in [-0.15, -0.1) is 0 Å². The number of amides is 2. The van der Waals surface area contributed by atoms with Crippen LogP contribution in [0.15, 0.2) is 29.2 Å². The lowest BCUT2D eigenvalue weighted by Crippen LogP contribution is -2.70. The number of carbonyl (C=O) groups is 2. The van der Waals surface area contributed by atoms with Crippen molar-refractivity contribution in [2.24, 2.45) is 5.92 Å². The first-order chi connectivity index (χ1) is 11.7. The van der Waals surface area contributed by atoms with Crippen LogP contribution < -0.4 is 5.32 Å². The second-order valence-corrected chi connectivity index (χ2v) is 8.97. The molecule has 0 aliphatic carbocycles. The van der Waals surface area contributed by atoms with Gasteiger partial charge in [-0.2, -0.15) is 4.31 Å². The zero-order valence-corrected chi connectivity index (χ0v) is 15.5. The van der Waals surface area contributed by atoms with Crippen LogP contribution in [0.5, 0.6) is 0 Å². The number of benzene rings is 1. The van der Waals surface area contributed by atoms with Crippen LogP contribution in [0.2, 0.25) is 5.02 Å². The summed E-state index contributed by atoms with van der Waals surface area (Å²) in [4.78, 5) is 26.6. The van der Waals surface area contributed by atoms with E-state index in [-0.39, 0.29) is 42.3 Å². The summed E-state index contributed by atoms with van der Waals surface area (Å²) in [6, 6.07) is 4.54. The number of fused-ring (bicyclic) bond motifs is 1. The Bertz CT molecular complexity index is 794. The lowest BCUT2D eigenvalue weighted by Gasteiger charge is -2.45. The molecule has 9 heteroatoms. The molecule has 0 unspecified atom stereocenters. The maximum absolute atomic E-state index is 12.8. The van der Waals surface area contributed by atoms with Gasteiger partial charge in [0.05, 0.1) is 4.90 Å². The predicted octanol–water partition coefficient (Wildman–Crippen LogP) is 0.696. The van der Waals surface area contributed by atoms with Gasteiger partial charge in [0.1, 0.15) is 12.1 Å². The van der Waals surface area contributed by atoms with Crippen LogP contribution in [-0.2, 0) is 19.6 Å². The van der Waals surface area contributed by atoms with Crippen molar-refractivity contribution in [3.63, 3.8) is 0 Å². The van der Waals surface area contributed by atoms with Crippen LogP contribution >= 0.6 is 11.6 Å². The number of halogens is 1. The fourth-order valence-electron chi connectivity index (χ4n) is 3.16. The second-order valence-electron chi connectivity index (χ2n) is 6.59. The van der Waals surface area contributed by atoms with Gasteiger partial charge >= 0.3 is 0 Å². The summed E-state index contributed by atoms with van der Waals surface area (Å²) >= 11 is 5.81. The summed E-state index contributed by atoms with van der Waals surface area (Å²) in [5.74, 6) is -0.481. The van der Waals surface area contributed by atoms with Gasteiger partial charge in [0.15, 0.2) is 0 Å². The van der Waals surface area contributed by atoms with E-state index in [1.807, 2.05) is 13.8 Å².